The highest BCUT2D eigenvalue weighted by Crippen LogP contribution is 2.53. The Morgan fingerprint density at radius 2 is 2.00 bits per heavy atom. The Kier molecular flexibility index (Phi) is 3.57. The highest BCUT2D eigenvalue weighted by atomic mass is 79.9. The molecule has 0 aromatic heterocycles. The van der Waals surface area contributed by atoms with E-state index in [9.17, 15) is 9.18 Å². The molecule has 4 N–H and O–H groups in total. The van der Waals surface area contributed by atoms with Crippen molar-refractivity contribution in [2.45, 2.75) is 12.3 Å². The number of carbonyl (C=O) groups excluding carboxylic acids is 1. The van der Waals surface area contributed by atoms with Crippen molar-refractivity contribution in [3.05, 3.63) is 46.2 Å². The Labute approximate surface area is 130 Å². The third-order valence-corrected chi connectivity index (χ3v) is 4.92. The first kappa shape index (κ1) is 14.3. The zero-order valence-electron chi connectivity index (χ0n) is 11.2. The average Bonchev–Trinajstić information content (AvgIpc) is 3.01. The molecule has 21 heavy (non-hydrogen) atoms. The summed E-state index contributed by atoms with van der Waals surface area (Å²) in [6.07, 6.45) is 5.10. The first-order valence-corrected chi connectivity index (χ1v) is 7.53. The molecule has 1 aromatic rings. The van der Waals surface area contributed by atoms with Gasteiger partial charge in [0.2, 0.25) is 0 Å². The summed E-state index contributed by atoms with van der Waals surface area (Å²) in [6.45, 7) is 0. The number of hydrogen-bond donors (Lipinski definition) is 2. The van der Waals surface area contributed by atoms with Crippen molar-refractivity contribution in [2.75, 3.05) is 0 Å². The van der Waals surface area contributed by atoms with Gasteiger partial charge in [-0.3, -0.25) is 4.79 Å². The van der Waals surface area contributed by atoms with Crippen molar-refractivity contribution in [1.82, 2.24) is 0 Å². The van der Waals surface area contributed by atoms with E-state index < -0.39 is 0 Å². The van der Waals surface area contributed by atoms with Crippen LogP contribution in [0.5, 0.6) is 0 Å². The zero-order valence-corrected chi connectivity index (χ0v) is 12.8. The molecule has 1 fully saturated rings. The molecule has 1 aromatic carbocycles. The monoisotopic (exact) mass is 351 g/mol. The lowest BCUT2D eigenvalue weighted by molar-refractivity contribution is -0.122. The fraction of sp³-hybridized carbons (Fsp3) is 0.333. The molecule has 0 heterocycles. The van der Waals surface area contributed by atoms with Crippen LogP contribution < -0.4 is 11.5 Å². The van der Waals surface area contributed by atoms with Crippen LogP contribution in [0, 0.1) is 23.6 Å². The fourth-order valence-electron chi connectivity index (χ4n) is 3.53. The number of guanidine groups is 1. The summed E-state index contributed by atoms with van der Waals surface area (Å²) in [5.41, 5.74) is 11.6. The van der Waals surface area contributed by atoms with Crippen molar-refractivity contribution < 1.29 is 9.18 Å². The lowest BCUT2D eigenvalue weighted by Crippen LogP contribution is -2.30. The maximum absolute atomic E-state index is 13.4. The van der Waals surface area contributed by atoms with E-state index in [-0.39, 0.29) is 41.4 Å². The van der Waals surface area contributed by atoms with Crippen molar-refractivity contribution in [2.24, 2.45) is 34.2 Å². The van der Waals surface area contributed by atoms with Gasteiger partial charge in [-0.1, -0.05) is 18.2 Å². The molecule has 1 saturated carbocycles. The summed E-state index contributed by atoms with van der Waals surface area (Å²) in [6, 6.07) is 4.89. The molecule has 2 bridgehead atoms. The smallest absolute Gasteiger partial charge is 0.253 e. The van der Waals surface area contributed by atoms with Gasteiger partial charge < -0.3 is 11.5 Å². The minimum absolute atomic E-state index is 0.00694. The largest absolute Gasteiger partial charge is 0.370 e. The number of carbonyl (C=O) groups is 1. The second-order valence-electron chi connectivity index (χ2n) is 5.55. The first-order valence-electron chi connectivity index (χ1n) is 6.74. The number of aliphatic imine (C=N–C) groups is 1. The average molecular weight is 352 g/mol. The van der Waals surface area contributed by atoms with Gasteiger partial charge in [-0.25, -0.2) is 4.39 Å². The van der Waals surface area contributed by atoms with E-state index in [2.05, 4.69) is 33.1 Å². The van der Waals surface area contributed by atoms with E-state index in [1.54, 1.807) is 12.1 Å². The summed E-state index contributed by atoms with van der Waals surface area (Å²) >= 11 is 3.20. The number of hydrogen-bond acceptors (Lipinski definition) is 1. The molecular formula is C15H15BrFN3O. The molecule has 0 aliphatic heterocycles. The van der Waals surface area contributed by atoms with Crippen LogP contribution in [0.1, 0.15) is 17.9 Å². The van der Waals surface area contributed by atoms with Crippen molar-refractivity contribution in [1.29, 1.82) is 0 Å². The molecule has 0 radical (unpaired) electrons. The van der Waals surface area contributed by atoms with Gasteiger partial charge in [0.25, 0.3) is 5.91 Å². The number of benzene rings is 1. The Bertz CT molecular complexity index is 654. The molecule has 4 atom stereocenters. The molecule has 0 spiro atoms. The predicted molar refractivity (Wildman–Crippen MR) is 81.9 cm³/mol. The Hall–Kier alpha value is -1.69. The minimum atomic E-state index is -0.315. The number of fused-ring (bicyclic) bond motifs is 2. The molecule has 4 nitrogen and oxygen atoms in total. The van der Waals surface area contributed by atoms with Crippen LogP contribution in [0.3, 0.4) is 0 Å². The predicted octanol–water partition coefficient (Wildman–Crippen LogP) is 2.29. The highest BCUT2D eigenvalue weighted by molar-refractivity contribution is 9.10. The van der Waals surface area contributed by atoms with Crippen molar-refractivity contribution >= 4 is 27.8 Å². The molecule has 3 rings (SSSR count). The fourth-order valence-corrected chi connectivity index (χ4v) is 3.93. The molecule has 2 aliphatic carbocycles. The molecule has 1 amide bonds. The van der Waals surface area contributed by atoms with E-state index in [4.69, 9.17) is 11.5 Å². The standard InChI is InChI=1S/C15H15BrFN3O/c16-10-6-9(3-4-11(10)17)12-7-1-2-8(5-7)13(12)14(21)20-15(18)19/h1-4,6-8,12-13H,5H2,(H4,18,19,20,21). The Balaban J connectivity index is 1.99. The van der Waals surface area contributed by atoms with Gasteiger partial charge in [0.15, 0.2) is 5.96 Å². The lowest BCUT2D eigenvalue weighted by Gasteiger charge is -2.26. The number of amides is 1. The summed E-state index contributed by atoms with van der Waals surface area (Å²) in [7, 11) is 0. The van der Waals surface area contributed by atoms with Gasteiger partial charge in [0, 0.05) is 5.92 Å². The van der Waals surface area contributed by atoms with Gasteiger partial charge in [0.1, 0.15) is 5.82 Å². The molecule has 2 aliphatic rings. The second kappa shape index (κ2) is 5.26. The summed E-state index contributed by atoms with van der Waals surface area (Å²) in [5.74, 6) is -0.686. The topological polar surface area (TPSA) is 81.5 Å². The lowest BCUT2D eigenvalue weighted by atomic mass is 9.78. The highest BCUT2D eigenvalue weighted by Gasteiger charge is 2.48. The van der Waals surface area contributed by atoms with Crippen LogP contribution in [0.2, 0.25) is 0 Å². The normalized spacial score (nSPS) is 29.6. The van der Waals surface area contributed by atoms with Crippen molar-refractivity contribution in [3.8, 4) is 0 Å². The van der Waals surface area contributed by atoms with Gasteiger partial charge in [-0.2, -0.15) is 4.99 Å². The Morgan fingerprint density at radius 1 is 1.29 bits per heavy atom. The SMILES string of the molecule is NC(N)=NC(=O)C1C2C=CC(C2)C1c1ccc(F)c(Br)c1. The maximum atomic E-state index is 13.4. The summed E-state index contributed by atoms with van der Waals surface area (Å²) in [5, 5.41) is 0. The summed E-state index contributed by atoms with van der Waals surface area (Å²) in [4.78, 5) is 16.0. The number of nitrogens with zero attached hydrogens (tertiary/aromatic N) is 1. The van der Waals surface area contributed by atoms with E-state index >= 15 is 0 Å². The van der Waals surface area contributed by atoms with E-state index in [1.807, 2.05) is 0 Å². The molecule has 4 unspecified atom stereocenters. The van der Waals surface area contributed by atoms with Crippen LogP contribution >= 0.6 is 15.9 Å². The molecule has 110 valence electrons. The van der Waals surface area contributed by atoms with Crippen LogP contribution in [-0.2, 0) is 4.79 Å². The molecule has 6 heteroatoms. The number of nitrogens with two attached hydrogens (primary N) is 2. The van der Waals surface area contributed by atoms with Crippen LogP contribution in [0.4, 0.5) is 4.39 Å². The number of allylic oxidation sites excluding steroid dienone is 2. The van der Waals surface area contributed by atoms with E-state index in [0.29, 0.717) is 4.47 Å². The third kappa shape index (κ3) is 2.48. The van der Waals surface area contributed by atoms with Gasteiger partial charge in [0.05, 0.1) is 10.4 Å². The quantitative estimate of drug-likeness (QED) is 0.487. The van der Waals surface area contributed by atoms with Gasteiger partial charge in [-0.05, 0) is 51.9 Å². The minimum Gasteiger partial charge on any atom is -0.370 e. The Morgan fingerprint density at radius 3 is 2.67 bits per heavy atom. The van der Waals surface area contributed by atoms with Crippen LogP contribution in [0.15, 0.2) is 39.8 Å². The number of halogens is 2. The van der Waals surface area contributed by atoms with E-state index in [1.165, 1.54) is 6.07 Å². The third-order valence-electron chi connectivity index (χ3n) is 4.31. The zero-order chi connectivity index (χ0) is 15.1. The summed E-state index contributed by atoms with van der Waals surface area (Å²) < 4.78 is 13.8. The maximum Gasteiger partial charge on any atom is 0.253 e. The van der Waals surface area contributed by atoms with Crippen LogP contribution in [-0.4, -0.2) is 11.9 Å². The first-order chi connectivity index (χ1) is 9.97. The van der Waals surface area contributed by atoms with Gasteiger partial charge in [-0.15, -0.1) is 0 Å². The van der Waals surface area contributed by atoms with Crippen molar-refractivity contribution in [3.63, 3.8) is 0 Å². The number of rotatable bonds is 2. The van der Waals surface area contributed by atoms with E-state index in [0.717, 1.165) is 12.0 Å². The molecular weight excluding hydrogens is 337 g/mol. The second-order valence-corrected chi connectivity index (χ2v) is 6.40. The molecule has 0 saturated heterocycles. The van der Waals surface area contributed by atoms with Crippen LogP contribution in [0.25, 0.3) is 0 Å². The van der Waals surface area contributed by atoms with Gasteiger partial charge >= 0.3 is 0 Å².